The standard InChI is InChI=1S/C16H22ClN3O/c1-19(2)4-3-12-11-18-15-10-14(17)16(9-13(12)15)20-5-7-21-8-6-20/h9-11,18H,3-8H2,1-2H3. The molecule has 0 amide bonds. The highest BCUT2D eigenvalue weighted by atomic mass is 35.5. The molecule has 0 spiro atoms. The number of ether oxygens (including phenoxy) is 1. The molecule has 0 radical (unpaired) electrons. The van der Waals surface area contributed by atoms with E-state index in [9.17, 15) is 0 Å². The highest BCUT2D eigenvalue weighted by molar-refractivity contribution is 6.34. The fourth-order valence-electron chi connectivity index (χ4n) is 2.79. The number of hydrogen-bond acceptors (Lipinski definition) is 3. The number of fused-ring (bicyclic) bond motifs is 1. The van der Waals surface area contributed by atoms with E-state index in [1.165, 1.54) is 10.9 Å². The SMILES string of the molecule is CN(C)CCc1c[nH]c2cc(Cl)c(N3CCOCC3)cc12. The van der Waals surface area contributed by atoms with Crippen LogP contribution in [0.5, 0.6) is 0 Å². The lowest BCUT2D eigenvalue weighted by molar-refractivity contribution is 0.122. The Labute approximate surface area is 130 Å². The van der Waals surface area contributed by atoms with Crippen LogP contribution in [-0.2, 0) is 11.2 Å². The van der Waals surface area contributed by atoms with Crippen LogP contribution in [0, 0.1) is 0 Å². The molecule has 1 aliphatic rings. The van der Waals surface area contributed by atoms with Crippen molar-refractivity contribution in [3.8, 4) is 0 Å². The number of hydrogen-bond donors (Lipinski definition) is 1. The molecule has 0 aliphatic carbocycles. The largest absolute Gasteiger partial charge is 0.378 e. The smallest absolute Gasteiger partial charge is 0.0660 e. The first-order valence-electron chi connectivity index (χ1n) is 7.42. The second-order valence-corrected chi connectivity index (χ2v) is 6.22. The number of H-pyrrole nitrogens is 1. The van der Waals surface area contributed by atoms with Crippen LogP contribution in [0.25, 0.3) is 10.9 Å². The van der Waals surface area contributed by atoms with Crippen molar-refractivity contribution in [3.05, 3.63) is 28.9 Å². The second kappa shape index (κ2) is 6.26. The van der Waals surface area contributed by atoms with Crippen molar-refractivity contribution in [2.45, 2.75) is 6.42 Å². The molecule has 1 aromatic heterocycles. The summed E-state index contributed by atoms with van der Waals surface area (Å²) in [6.07, 6.45) is 3.14. The number of halogens is 1. The van der Waals surface area contributed by atoms with Gasteiger partial charge in [0, 0.05) is 36.7 Å². The molecule has 1 fully saturated rings. The van der Waals surface area contributed by atoms with E-state index in [2.05, 4.69) is 41.1 Å². The molecule has 1 aliphatic heterocycles. The van der Waals surface area contributed by atoms with Gasteiger partial charge in [0.15, 0.2) is 0 Å². The van der Waals surface area contributed by atoms with E-state index >= 15 is 0 Å². The van der Waals surface area contributed by atoms with E-state index in [1.807, 2.05) is 6.07 Å². The molecule has 2 heterocycles. The highest BCUT2D eigenvalue weighted by Crippen LogP contribution is 2.33. The van der Waals surface area contributed by atoms with Gasteiger partial charge >= 0.3 is 0 Å². The van der Waals surface area contributed by atoms with Crippen LogP contribution in [0.15, 0.2) is 18.3 Å². The average molecular weight is 308 g/mol. The summed E-state index contributed by atoms with van der Waals surface area (Å²) in [4.78, 5) is 7.86. The molecule has 21 heavy (non-hydrogen) atoms. The van der Waals surface area contributed by atoms with Crippen LogP contribution in [0.2, 0.25) is 5.02 Å². The fraction of sp³-hybridized carbons (Fsp3) is 0.500. The minimum Gasteiger partial charge on any atom is -0.378 e. The Bertz CT molecular complexity index is 617. The molecule has 1 saturated heterocycles. The van der Waals surface area contributed by atoms with Crippen molar-refractivity contribution in [1.82, 2.24) is 9.88 Å². The second-order valence-electron chi connectivity index (χ2n) is 5.82. The normalized spacial score (nSPS) is 16.1. The summed E-state index contributed by atoms with van der Waals surface area (Å²) in [5.41, 5.74) is 3.59. The van der Waals surface area contributed by atoms with E-state index in [4.69, 9.17) is 16.3 Å². The Morgan fingerprint density at radius 2 is 2.05 bits per heavy atom. The van der Waals surface area contributed by atoms with E-state index < -0.39 is 0 Å². The Balaban J connectivity index is 1.93. The van der Waals surface area contributed by atoms with Gasteiger partial charge in [-0.1, -0.05) is 11.6 Å². The van der Waals surface area contributed by atoms with Crippen LogP contribution in [0.1, 0.15) is 5.56 Å². The zero-order valence-corrected chi connectivity index (χ0v) is 13.4. The summed E-state index contributed by atoms with van der Waals surface area (Å²) in [5.74, 6) is 0. The number of nitrogens with zero attached hydrogens (tertiary/aromatic N) is 2. The van der Waals surface area contributed by atoms with Gasteiger partial charge in [-0.3, -0.25) is 0 Å². The number of anilines is 1. The van der Waals surface area contributed by atoms with E-state index in [-0.39, 0.29) is 0 Å². The molecule has 4 nitrogen and oxygen atoms in total. The molecule has 2 aromatic rings. The van der Waals surface area contributed by atoms with Crippen LogP contribution in [0.4, 0.5) is 5.69 Å². The molecule has 1 N–H and O–H groups in total. The number of benzene rings is 1. The van der Waals surface area contributed by atoms with E-state index in [0.717, 1.165) is 55.5 Å². The first kappa shape index (κ1) is 14.7. The van der Waals surface area contributed by atoms with Crippen molar-refractivity contribution in [2.24, 2.45) is 0 Å². The van der Waals surface area contributed by atoms with Crippen LogP contribution in [-0.4, -0.2) is 56.8 Å². The van der Waals surface area contributed by atoms with Gasteiger partial charge in [0.1, 0.15) is 0 Å². The van der Waals surface area contributed by atoms with Crippen LogP contribution in [0.3, 0.4) is 0 Å². The van der Waals surface area contributed by atoms with Crippen molar-refractivity contribution in [3.63, 3.8) is 0 Å². The third-order valence-electron chi connectivity index (χ3n) is 4.01. The third-order valence-corrected chi connectivity index (χ3v) is 4.32. The summed E-state index contributed by atoms with van der Waals surface area (Å²) >= 11 is 6.46. The zero-order chi connectivity index (χ0) is 14.8. The number of aromatic amines is 1. The monoisotopic (exact) mass is 307 g/mol. The Hall–Kier alpha value is -1.23. The summed E-state index contributed by atoms with van der Waals surface area (Å²) in [6, 6.07) is 4.27. The van der Waals surface area contributed by atoms with Gasteiger partial charge in [0.2, 0.25) is 0 Å². The Morgan fingerprint density at radius 3 is 2.76 bits per heavy atom. The molecule has 0 bridgehead atoms. The molecule has 114 valence electrons. The first-order valence-corrected chi connectivity index (χ1v) is 7.80. The van der Waals surface area contributed by atoms with Crippen LogP contribution < -0.4 is 4.90 Å². The first-order chi connectivity index (χ1) is 10.1. The third kappa shape index (κ3) is 3.18. The van der Waals surface area contributed by atoms with Gasteiger partial charge in [0.25, 0.3) is 0 Å². The van der Waals surface area contributed by atoms with Gasteiger partial charge in [-0.2, -0.15) is 0 Å². The van der Waals surface area contributed by atoms with Crippen molar-refractivity contribution >= 4 is 28.2 Å². The van der Waals surface area contributed by atoms with Gasteiger partial charge < -0.3 is 19.5 Å². The number of aromatic nitrogens is 1. The molecule has 0 saturated carbocycles. The van der Waals surface area contributed by atoms with Gasteiger partial charge in [0.05, 0.1) is 23.9 Å². The Morgan fingerprint density at radius 1 is 1.29 bits per heavy atom. The molecule has 5 heteroatoms. The molecular weight excluding hydrogens is 286 g/mol. The lowest BCUT2D eigenvalue weighted by Gasteiger charge is -2.29. The topological polar surface area (TPSA) is 31.5 Å². The van der Waals surface area contributed by atoms with Gasteiger partial charge in [-0.05, 0) is 38.2 Å². The predicted octanol–water partition coefficient (Wildman–Crippen LogP) is 2.76. The number of rotatable bonds is 4. The van der Waals surface area contributed by atoms with E-state index in [0.29, 0.717) is 0 Å². The lowest BCUT2D eigenvalue weighted by Crippen LogP contribution is -2.36. The number of nitrogens with one attached hydrogen (secondary N) is 1. The zero-order valence-electron chi connectivity index (χ0n) is 12.7. The van der Waals surface area contributed by atoms with Crippen molar-refractivity contribution in [2.75, 3.05) is 51.8 Å². The van der Waals surface area contributed by atoms with Crippen LogP contribution >= 0.6 is 11.6 Å². The Kier molecular flexibility index (Phi) is 4.38. The van der Waals surface area contributed by atoms with E-state index in [1.54, 1.807) is 0 Å². The molecule has 0 atom stereocenters. The fourth-order valence-corrected chi connectivity index (χ4v) is 3.07. The van der Waals surface area contributed by atoms with Crippen molar-refractivity contribution < 1.29 is 4.74 Å². The van der Waals surface area contributed by atoms with Crippen molar-refractivity contribution in [1.29, 1.82) is 0 Å². The molecule has 0 unspecified atom stereocenters. The number of likely N-dealkylation sites (N-methyl/N-ethyl adjacent to an activating group) is 1. The molecule has 3 rings (SSSR count). The minimum absolute atomic E-state index is 0.773. The molecular formula is C16H22ClN3O. The maximum absolute atomic E-state index is 6.46. The minimum atomic E-state index is 0.773. The predicted molar refractivity (Wildman–Crippen MR) is 88.6 cm³/mol. The quantitative estimate of drug-likeness (QED) is 0.942. The van der Waals surface area contributed by atoms with Gasteiger partial charge in [-0.25, -0.2) is 0 Å². The lowest BCUT2D eigenvalue weighted by atomic mass is 10.1. The maximum atomic E-state index is 6.46. The summed E-state index contributed by atoms with van der Waals surface area (Å²) in [5, 5.41) is 2.09. The maximum Gasteiger partial charge on any atom is 0.0660 e. The average Bonchev–Trinajstić information content (AvgIpc) is 2.87. The summed E-state index contributed by atoms with van der Waals surface area (Å²) in [7, 11) is 4.20. The van der Waals surface area contributed by atoms with Gasteiger partial charge in [-0.15, -0.1) is 0 Å². The number of morpholine rings is 1. The molecule has 1 aromatic carbocycles. The summed E-state index contributed by atoms with van der Waals surface area (Å²) in [6.45, 7) is 4.40. The summed E-state index contributed by atoms with van der Waals surface area (Å²) < 4.78 is 5.43. The highest BCUT2D eigenvalue weighted by Gasteiger charge is 2.16.